The molecule has 2 aromatic carbocycles. The van der Waals surface area contributed by atoms with Crippen molar-refractivity contribution in [3.05, 3.63) is 72.9 Å². The van der Waals surface area contributed by atoms with E-state index in [2.05, 4.69) is 15.6 Å². The molecule has 0 aliphatic rings. The number of rotatable bonds is 8. The number of benzene rings is 2. The number of nitrogens with one attached hydrogen (secondary N) is 2. The van der Waals surface area contributed by atoms with Gasteiger partial charge in [-0.15, -0.1) is 0 Å². The molecule has 0 aliphatic heterocycles. The third-order valence-electron chi connectivity index (χ3n) is 3.75. The van der Waals surface area contributed by atoms with Crippen LogP contribution in [-0.2, 0) is 4.79 Å². The molecule has 3 rings (SSSR count). The summed E-state index contributed by atoms with van der Waals surface area (Å²) in [5.74, 6) is 1.90. The summed E-state index contributed by atoms with van der Waals surface area (Å²) < 4.78 is 10.7. The molecule has 0 bridgehead atoms. The third kappa shape index (κ3) is 5.74. The summed E-state index contributed by atoms with van der Waals surface area (Å²) in [7, 11) is 1.63. The van der Waals surface area contributed by atoms with Gasteiger partial charge in [0.05, 0.1) is 32.0 Å². The van der Waals surface area contributed by atoms with Crippen molar-refractivity contribution in [2.75, 3.05) is 24.4 Å². The highest BCUT2D eigenvalue weighted by Crippen LogP contribution is 2.20. The Morgan fingerprint density at radius 3 is 2.33 bits per heavy atom. The molecule has 6 heteroatoms. The van der Waals surface area contributed by atoms with Crippen LogP contribution < -0.4 is 20.1 Å². The monoisotopic (exact) mass is 363 g/mol. The number of para-hydroxylation sites is 1. The first-order valence-electron chi connectivity index (χ1n) is 8.58. The van der Waals surface area contributed by atoms with Gasteiger partial charge in [0.1, 0.15) is 17.3 Å². The van der Waals surface area contributed by atoms with E-state index in [1.54, 1.807) is 19.4 Å². The van der Waals surface area contributed by atoms with Crippen LogP contribution in [0.5, 0.6) is 11.5 Å². The number of hydrogen-bond acceptors (Lipinski definition) is 5. The van der Waals surface area contributed by atoms with E-state index in [9.17, 15) is 4.79 Å². The average Bonchev–Trinajstić information content (AvgIpc) is 2.71. The molecule has 0 fully saturated rings. The molecule has 1 amide bonds. The predicted octanol–water partition coefficient (Wildman–Crippen LogP) is 4.24. The number of hydrogen-bond donors (Lipinski definition) is 2. The second-order valence-electron chi connectivity index (χ2n) is 5.75. The van der Waals surface area contributed by atoms with Crippen LogP contribution in [0.3, 0.4) is 0 Å². The summed E-state index contributed by atoms with van der Waals surface area (Å²) in [5.41, 5.74) is 1.75. The predicted molar refractivity (Wildman–Crippen MR) is 106 cm³/mol. The van der Waals surface area contributed by atoms with E-state index in [-0.39, 0.29) is 12.3 Å². The standard InChI is InChI=1S/C21H21N3O3/c1-26-18-10-7-16(8-11-18)23-17-9-12-20(22-15-17)24-21(25)13-14-27-19-5-3-2-4-6-19/h2-12,15,23H,13-14H2,1H3,(H,22,24,25). The fourth-order valence-corrected chi connectivity index (χ4v) is 2.37. The Morgan fingerprint density at radius 2 is 1.67 bits per heavy atom. The lowest BCUT2D eigenvalue weighted by molar-refractivity contribution is -0.116. The summed E-state index contributed by atoms with van der Waals surface area (Å²) in [5, 5.41) is 6.00. The highest BCUT2D eigenvalue weighted by Gasteiger charge is 2.04. The first kappa shape index (κ1) is 18.3. The van der Waals surface area contributed by atoms with Gasteiger partial charge in [-0.3, -0.25) is 4.79 Å². The smallest absolute Gasteiger partial charge is 0.228 e. The zero-order valence-electron chi connectivity index (χ0n) is 15.0. The molecule has 0 atom stereocenters. The van der Waals surface area contributed by atoms with Gasteiger partial charge >= 0.3 is 0 Å². The normalized spacial score (nSPS) is 10.1. The van der Waals surface area contributed by atoms with Crippen LogP contribution >= 0.6 is 0 Å². The number of ether oxygens (including phenoxy) is 2. The molecule has 27 heavy (non-hydrogen) atoms. The van der Waals surface area contributed by atoms with Gasteiger partial charge in [-0.25, -0.2) is 4.98 Å². The minimum Gasteiger partial charge on any atom is -0.497 e. The number of aromatic nitrogens is 1. The van der Waals surface area contributed by atoms with E-state index in [0.717, 1.165) is 22.9 Å². The SMILES string of the molecule is COc1ccc(Nc2ccc(NC(=O)CCOc3ccccc3)nc2)cc1. The Bertz CT molecular complexity index is 850. The van der Waals surface area contributed by atoms with Gasteiger partial charge in [0, 0.05) is 5.69 Å². The Morgan fingerprint density at radius 1 is 0.926 bits per heavy atom. The van der Waals surface area contributed by atoms with E-state index in [0.29, 0.717) is 12.4 Å². The van der Waals surface area contributed by atoms with Crippen LogP contribution in [0.1, 0.15) is 6.42 Å². The molecule has 2 N–H and O–H groups in total. The van der Waals surface area contributed by atoms with E-state index >= 15 is 0 Å². The van der Waals surface area contributed by atoms with E-state index in [1.165, 1.54) is 0 Å². The maximum atomic E-state index is 12.0. The van der Waals surface area contributed by atoms with Crippen LogP contribution in [-0.4, -0.2) is 24.6 Å². The fourth-order valence-electron chi connectivity index (χ4n) is 2.37. The summed E-state index contributed by atoms with van der Waals surface area (Å²) in [6.45, 7) is 0.312. The van der Waals surface area contributed by atoms with Crippen LogP contribution in [0.15, 0.2) is 72.9 Å². The lowest BCUT2D eigenvalue weighted by Gasteiger charge is -2.09. The van der Waals surface area contributed by atoms with Crippen LogP contribution in [0.2, 0.25) is 0 Å². The van der Waals surface area contributed by atoms with E-state index < -0.39 is 0 Å². The zero-order valence-corrected chi connectivity index (χ0v) is 15.0. The molecule has 0 unspecified atom stereocenters. The lowest BCUT2D eigenvalue weighted by Crippen LogP contribution is -2.15. The molecule has 138 valence electrons. The van der Waals surface area contributed by atoms with Gasteiger partial charge in [0.15, 0.2) is 0 Å². The Labute approximate surface area is 158 Å². The second kappa shape index (κ2) is 9.24. The summed E-state index contributed by atoms with van der Waals surface area (Å²) >= 11 is 0. The van der Waals surface area contributed by atoms with Crippen LogP contribution in [0.4, 0.5) is 17.2 Å². The van der Waals surface area contributed by atoms with Gasteiger partial charge < -0.3 is 20.1 Å². The van der Waals surface area contributed by atoms with Gasteiger partial charge in [-0.05, 0) is 48.5 Å². The first-order valence-corrected chi connectivity index (χ1v) is 8.58. The van der Waals surface area contributed by atoms with Crippen molar-refractivity contribution < 1.29 is 14.3 Å². The molecular weight excluding hydrogens is 342 g/mol. The second-order valence-corrected chi connectivity index (χ2v) is 5.75. The number of nitrogens with zero attached hydrogens (tertiary/aromatic N) is 1. The minimum absolute atomic E-state index is 0.144. The van der Waals surface area contributed by atoms with Gasteiger partial charge in [-0.1, -0.05) is 18.2 Å². The molecule has 1 heterocycles. The van der Waals surface area contributed by atoms with Crippen molar-refractivity contribution in [1.82, 2.24) is 4.98 Å². The first-order chi connectivity index (χ1) is 13.2. The highest BCUT2D eigenvalue weighted by molar-refractivity contribution is 5.89. The quantitative estimate of drug-likeness (QED) is 0.626. The largest absolute Gasteiger partial charge is 0.497 e. The van der Waals surface area contributed by atoms with Gasteiger partial charge in [0.2, 0.25) is 5.91 Å². The lowest BCUT2D eigenvalue weighted by atomic mass is 10.3. The van der Waals surface area contributed by atoms with Crippen LogP contribution in [0, 0.1) is 0 Å². The summed E-state index contributed by atoms with van der Waals surface area (Å²) in [6, 6.07) is 20.6. The zero-order chi connectivity index (χ0) is 18.9. The number of pyridine rings is 1. The number of carbonyl (C=O) groups excluding carboxylic acids is 1. The molecule has 0 saturated heterocycles. The number of carbonyl (C=O) groups is 1. The van der Waals surface area contributed by atoms with Crippen molar-refractivity contribution in [3.63, 3.8) is 0 Å². The third-order valence-corrected chi connectivity index (χ3v) is 3.75. The van der Waals surface area contributed by atoms with Crippen molar-refractivity contribution in [1.29, 1.82) is 0 Å². The number of amides is 1. The maximum Gasteiger partial charge on any atom is 0.228 e. The van der Waals surface area contributed by atoms with Gasteiger partial charge in [0.25, 0.3) is 0 Å². The summed E-state index contributed by atoms with van der Waals surface area (Å²) in [4.78, 5) is 16.2. The molecule has 0 saturated carbocycles. The molecule has 6 nitrogen and oxygen atoms in total. The van der Waals surface area contributed by atoms with E-state index in [4.69, 9.17) is 9.47 Å². The van der Waals surface area contributed by atoms with Crippen molar-refractivity contribution in [2.24, 2.45) is 0 Å². The topological polar surface area (TPSA) is 72.5 Å². The van der Waals surface area contributed by atoms with E-state index in [1.807, 2.05) is 60.7 Å². The molecule has 0 radical (unpaired) electrons. The van der Waals surface area contributed by atoms with Crippen molar-refractivity contribution in [3.8, 4) is 11.5 Å². The average molecular weight is 363 g/mol. The maximum absolute atomic E-state index is 12.0. The molecule has 3 aromatic rings. The fraction of sp³-hybridized carbons (Fsp3) is 0.143. The van der Waals surface area contributed by atoms with Crippen molar-refractivity contribution in [2.45, 2.75) is 6.42 Å². The Hall–Kier alpha value is -3.54. The highest BCUT2D eigenvalue weighted by atomic mass is 16.5. The van der Waals surface area contributed by atoms with Gasteiger partial charge in [-0.2, -0.15) is 0 Å². The summed E-state index contributed by atoms with van der Waals surface area (Å²) in [6.07, 6.45) is 1.92. The molecule has 0 spiro atoms. The Balaban J connectivity index is 1.45. The van der Waals surface area contributed by atoms with Crippen molar-refractivity contribution >= 4 is 23.1 Å². The molecular formula is C21H21N3O3. The molecule has 1 aromatic heterocycles. The number of anilines is 3. The molecule has 0 aliphatic carbocycles. The number of methoxy groups -OCH3 is 1. The van der Waals surface area contributed by atoms with Crippen LogP contribution in [0.25, 0.3) is 0 Å². The Kier molecular flexibility index (Phi) is 6.25. The minimum atomic E-state index is -0.144.